The van der Waals surface area contributed by atoms with E-state index in [-0.39, 0.29) is 6.03 Å². The summed E-state index contributed by atoms with van der Waals surface area (Å²) >= 11 is 0. The average molecular weight is 382 g/mol. The van der Waals surface area contributed by atoms with E-state index < -0.39 is 0 Å². The van der Waals surface area contributed by atoms with Crippen molar-refractivity contribution in [3.05, 3.63) is 59.9 Å². The molecule has 148 valence electrons. The van der Waals surface area contributed by atoms with Gasteiger partial charge in [0.25, 0.3) is 0 Å². The fraction of sp³-hybridized carbons (Fsp3) is 0.318. The van der Waals surface area contributed by atoms with Crippen molar-refractivity contribution in [1.29, 1.82) is 0 Å². The molecule has 6 nitrogen and oxygen atoms in total. The van der Waals surface area contributed by atoms with E-state index in [4.69, 9.17) is 13.9 Å². The molecular weight excluding hydrogens is 356 g/mol. The normalized spacial score (nSPS) is 10.8. The van der Waals surface area contributed by atoms with Crippen molar-refractivity contribution in [2.75, 3.05) is 32.7 Å². The maximum absolute atomic E-state index is 12.7. The van der Waals surface area contributed by atoms with E-state index in [0.717, 1.165) is 28.7 Å². The summed E-state index contributed by atoms with van der Waals surface area (Å²) in [5.74, 6) is 1.60. The van der Waals surface area contributed by atoms with Crippen molar-refractivity contribution < 1.29 is 18.7 Å². The summed E-state index contributed by atoms with van der Waals surface area (Å²) in [7, 11) is 3.40. The van der Waals surface area contributed by atoms with Crippen molar-refractivity contribution in [3.8, 4) is 5.75 Å². The Hall–Kier alpha value is -2.99. The molecule has 0 saturated carbocycles. The number of para-hydroxylation sites is 1. The van der Waals surface area contributed by atoms with Gasteiger partial charge in [0.15, 0.2) is 0 Å². The quantitative estimate of drug-likeness (QED) is 0.574. The molecule has 1 heterocycles. The van der Waals surface area contributed by atoms with Crippen LogP contribution in [0.1, 0.15) is 18.2 Å². The number of rotatable bonds is 8. The zero-order chi connectivity index (χ0) is 19.9. The van der Waals surface area contributed by atoms with Gasteiger partial charge in [-0.15, -0.1) is 0 Å². The molecule has 0 fully saturated rings. The third-order valence-corrected chi connectivity index (χ3v) is 4.49. The first kappa shape index (κ1) is 19.8. The number of anilines is 1. The van der Waals surface area contributed by atoms with Crippen LogP contribution in [0.4, 0.5) is 10.5 Å². The third-order valence-electron chi connectivity index (χ3n) is 4.49. The van der Waals surface area contributed by atoms with E-state index in [9.17, 15) is 4.79 Å². The van der Waals surface area contributed by atoms with Gasteiger partial charge in [-0.05, 0) is 18.2 Å². The Labute approximate surface area is 165 Å². The zero-order valence-electron chi connectivity index (χ0n) is 16.5. The van der Waals surface area contributed by atoms with Gasteiger partial charge in [-0.25, -0.2) is 4.79 Å². The van der Waals surface area contributed by atoms with Gasteiger partial charge in [0, 0.05) is 43.3 Å². The molecule has 0 bridgehead atoms. The highest BCUT2D eigenvalue weighted by Crippen LogP contribution is 2.27. The van der Waals surface area contributed by atoms with E-state index in [1.165, 1.54) is 0 Å². The summed E-state index contributed by atoms with van der Waals surface area (Å²) in [5, 5.41) is 3.96. The fourth-order valence-electron chi connectivity index (χ4n) is 3.04. The Morgan fingerprint density at radius 3 is 2.75 bits per heavy atom. The lowest BCUT2D eigenvalue weighted by molar-refractivity contribution is 0.146. The Morgan fingerprint density at radius 1 is 1.14 bits per heavy atom. The second kappa shape index (κ2) is 9.28. The predicted octanol–water partition coefficient (Wildman–Crippen LogP) is 4.68. The standard InChI is InChI=1S/C22H26N2O4/c1-4-20-19(18-10-5-6-11-21(18)28-20)15-24(2)22(25)23-16-8-7-9-17(14-16)27-13-12-26-3/h5-11,14H,4,12-13,15H2,1-3H3,(H,23,25). The molecule has 0 radical (unpaired) electrons. The van der Waals surface area contributed by atoms with Gasteiger partial charge in [0.05, 0.1) is 13.2 Å². The molecule has 3 aromatic rings. The molecule has 0 atom stereocenters. The van der Waals surface area contributed by atoms with Crippen LogP contribution < -0.4 is 10.1 Å². The number of hydrogen-bond donors (Lipinski definition) is 1. The van der Waals surface area contributed by atoms with Crippen molar-refractivity contribution in [1.82, 2.24) is 4.90 Å². The first-order valence-electron chi connectivity index (χ1n) is 9.35. The second-order valence-corrected chi connectivity index (χ2v) is 6.51. The molecule has 0 aliphatic heterocycles. The van der Waals surface area contributed by atoms with Crippen LogP contribution >= 0.6 is 0 Å². The molecule has 1 aromatic heterocycles. The lowest BCUT2D eigenvalue weighted by Crippen LogP contribution is -2.31. The van der Waals surface area contributed by atoms with Gasteiger partial charge in [-0.2, -0.15) is 0 Å². The van der Waals surface area contributed by atoms with Crippen LogP contribution in [0, 0.1) is 0 Å². The maximum atomic E-state index is 12.7. The molecule has 2 amide bonds. The average Bonchev–Trinajstić information content (AvgIpc) is 3.06. The fourth-order valence-corrected chi connectivity index (χ4v) is 3.04. The van der Waals surface area contributed by atoms with Crippen LogP contribution in [0.3, 0.4) is 0 Å². The summed E-state index contributed by atoms with van der Waals surface area (Å²) in [6, 6.07) is 15.0. The van der Waals surface area contributed by atoms with E-state index >= 15 is 0 Å². The van der Waals surface area contributed by atoms with Crippen molar-refractivity contribution in [3.63, 3.8) is 0 Å². The first-order valence-corrected chi connectivity index (χ1v) is 9.35. The maximum Gasteiger partial charge on any atom is 0.321 e. The Morgan fingerprint density at radius 2 is 1.96 bits per heavy atom. The van der Waals surface area contributed by atoms with Gasteiger partial charge in [0.2, 0.25) is 0 Å². The summed E-state index contributed by atoms with van der Waals surface area (Å²) < 4.78 is 16.5. The van der Waals surface area contributed by atoms with Gasteiger partial charge in [0.1, 0.15) is 23.7 Å². The number of furan rings is 1. The van der Waals surface area contributed by atoms with E-state index in [2.05, 4.69) is 12.2 Å². The van der Waals surface area contributed by atoms with E-state index in [1.54, 1.807) is 25.1 Å². The van der Waals surface area contributed by atoms with Crippen molar-refractivity contribution in [2.45, 2.75) is 19.9 Å². The minimum atomic E-state index is -0.193. The molecule has 0 aliphatic rings. The minimum Gasteiger partial charge on any atom is -0.491 e. The smallest absolute Gasteiger partial charge is 0.321 e. The number of nitrogens with one attached hydrogen (secondary N) is 1. The number of urea groups is 1. The minimum absolute atomic E-state index is 0.193. The summed E-state index contributed by atoms with van der Waals surface area (Å²) in [6.07, 6.45) is 0.778. The highest BCUT2D eigenvalue weighted by atomic mass is 16.5. The number of ether oxygens (including phenoxy) is 2. The van der Waals surface area contributed by atoms with Gasteiger partial charge < -0.3 is 24.1 Å². The Kier molecular flexibility index (Phi) is 6.55. The summed E-state index contributed by atoms with van der Waals surface area (Å²) in [6.45, 7) is 3.49. The predicted molar refractivity (Wildman–Crippen MR) is 110 cm³/mol. The molecule has 6 heteroatoms. The lowest BCUT2D eigenvalue weighted by atomic mass is 10.1. The number of nitrogens with zero attached hydrogens (tertiary/aromatic N) is 1. The number of amides is 2. The van der Waals surface area contributed by atoms with E-state index in [1.807, 2.05) is 42.5 Å². The third kappa shape index (κ3) is 4.64. The topological polar surface area (TPSA) is 63.9 Å². The number of fused-ring (bicyclic) bond motifs is 1. The molecule has 28 heavy (non-hydrogen) atoms. The molecule has 0 spiro atoms. The summed E-state index contributed by atoms with van der Waals surface area (Å²) in [5.41, 5.74) is 2.58. The number of carbonyl (C=O) groups excluding carboxylic acids is 1. The van der Waals surface area contributed by atoms with Crippen LogP contribution in [0.5, 0.6) is 5.75 Å². The van der Waals surface area contributed by atoms with Crippen molar-refractivity contribution in [2.24, 2.45) is 0 Å². The molecule has 0 aliphatic carbocycles. The van der Waals surface area contributed by atoms with Crippen LogP contribution in [-0.4, -0.2) is 38.3 Å². The highest BCUT2D eigenvalue weighted by molar-refractivity contribution is 5.90. The molecule has 0 saturated heterocycles. The lowest BCUT2D eigenvalue weighted by Gasteiger charge is -2.18. The zero-order valence-corrected chi connectivity index (χ0v) is 16.5. The number of benzene rings is 2. The van der Waals surface area contributed by atoms with E-state index in [0.29, 0.717) is 31.2 Å². The van der Waals surface area contributed by atoms with Crippen LogP contribution in [-0.2, 0) is 17.7 Å². The Bertz CT molecular complexity index is 935. The largest absolute Gasteiger partial charge is 0.491 e. The highest BCUT2D eigenvalue weighted by Gasteiger charge is 2.17. The molecule has 1 N–H and O–H groups in total. The van der Waals surface area contributed by atoms with Crippen LogP contribution in [0.2, 0.25) is 0 Å². The number of aryl methyl sites for hydroxylation is 1. The van der Waals surface area contributed by atoms with Gasteiger partial charge >= 0.3 is 6.03 Å². The molecule has 0 unspecified atom stereocenters. The Balaban J connectivity index is 1.68. The number of methoxy groups -OCH3 is 1. The number of carbonyl (C=O) groups is 1. The SMILES string of the molecule is CCc1oc2ccccc2c1CN(C)C(=O)Nc1cccc(OCCOC)c1. The monoisotopic (exact) mass is 382 g/mol. The van der Waals surface area contributed by atoms with Gasteiger partial charge in [-0.3, -0.25) is 0 Å². The molecular formula is C22H26N2O4. The summed E-state index contributed by atoms with van der Waals surface area (Å²) in [4.78, 5) is 14.3. The second-order valence-electron chi connectivity index (χ2n) is 6.51. The van der Waals surface area contributed by atoms with Crippen molar-refractivity contribution >= 4 is 22.7 Å². The molecule has 3 rings (SSSR count). The van der Waals surface area contributed by atoms with Crippen LogP contribution in [0.25, 0.3) is 11.0 Å². The van der Waals surface area contributed by atoms with Gasteiger partial charge in [-0.1, -0.05) is 31.2 Å². The first-order chi connectivity index (χ1) is 13.6. The number of hydrogen-bond acceptors (Lipinski definition) is 4. The van der Waals surface area contributed by atoms with Crippen LogP contribution in [0.15, 0.2) is 52.9 Å². The molecule has 2 aromatic carbocycles.